The van der Waals surface area contributed by atoms with E-state index >= 15 is 0 Å². The molecule has 0 aliphatic heterocycles. The van der Waals surface area contributed by atoms with Crippen molar-refractivity contribution < 1.29 is 36.1 Å². The van der Waals surface area contributed by atoms with E-state index in [1.54, 1.807) is 0 Å². The van der Waals surface area contributed by atoms with Gasteiger partial charge in [0.1, 0.15) is 0 Å². The monoisotopic (exact) mass is 771 g/mol. The Hall–Kier alpha value is -2.46. The van der Waals surface area contributed by atoms with Crippen molar-refractivity contribution in [3.8, 4) is 11.5 Å². The molecule has 0 atom stereocenters. The maximum absolute atomic E-state index is 13.8. The van der Waals surface area contributed by atoms with Gasteiger partial charge in [0.15, 0.2) is 0 Å². The third-order valence-corrected chi connectivity index (χ3v) is 9.04. The van der Waals surface area contributed by atoms with Crippen LogP contribution in [-0.4, -0.2) is 4.98 Å². The predicted octanol–water partition coefficient (Wildman–Crippen LogP) is 10.3. The maximum Gasteiger partial charge on any atom is 4.00 e. The summed E-state index contributed by atoms with van der Waals surface area (Å²) < 4.78 is 0. The van der Waals surface area contributed by atoms with Crippen molar-refractivity contribution in [2.45, 2.75) is 118 Å². The minimum atomic E-state index is -0.210. The molecular weight excluding hydrogens is 717 g/mol. The van der Waals surface area contributed by atoms with Crippen LogP contribution in [0.5, 0.6) is 11.5 Å². The van der Waals surface area contributed by atoms with E-state index in [2.05, 4.69) is 97.9 Å². The van der Waals surface area contributed by atoms with Crippen molar-refractivity contribution in [3.05, 3.63) is 102 Å². The van der Waals surface area contributed by atoms with Crippen molar-refractivity contribution in [2.75, 3.05) is 0 Å². The minimum absolute atomic E-state index is 0. The number of aryl methyl sites for hydroxylation is 2. The number of allylic oxidation sites excluding steroid dienone is 4. The molecule has 1 heterocycles. The van der Waals surface area contributed by atoms with Gasteiger partial charge < -0.3 is 25.1 Å². The molecule has 0 spiro atoms. The molecule has 2 aliphatic carbocycles. The van der Waals surface area contributed by atoms with Crippen LogP contribution < -0.4 is 10.2 Å². The van der Waals surface area contributed by atoms with Crippen LogP contribution in [0.2, 0.25) is 0 Å². The SMILES string of the molecule is Cc1cc(C2=C(c3cccc(C4=C(c5cc(C)cc(C(C)(C)C)c5[O-])CCCC4)n3)CCCC2)c([O-])c(C(C)(C)C)c1.[CH3-].[CH3-].[Hf+4]. The molecule has 0 saturated heterocycles. The molecule has 2 aromatic carbocycles. The Labute approximate surface area is 293 Å². The number of benzene rings is 2. The Bertz CT molecular complexity index is 1470. The smallest absolute Gasteiger partial charge is 0.872 e. The van der Waals surface area contributed by atoms with Crippen LogP contribution in [0.1, 0.15) is 138 Å². The Balaban J connectivity index is 0.00000235. The number of hydrogen-bond acceptors (Lipinski definition) is 3. The van der Waals surface area contributed by atoms with Crippen LogP contribution in [0, 0.1) is 28.7 Å². The summed E-state index contributed by atoms with van der Waals surface area (Å²) in [5.41, 5.74) is 12.0. The summed E-state index contributed by atoms with van der Waals surface area (Å²) in [5, 5.41) is 27.6. The second-order valence-corrected chi connectivity index (χ2v) is 14.6. The molecule has 4 heteroatoms. The number of nitrogens with zero attached hydrogens (tertiary/aromatic N) is 1. The largest absolute Gasteiger partial charge is 4.00 e. The molecule has 0 bridgehead atoms. The first-order valence-corrected chi connectivity index (χ1v) is 15.8. The number of aromatic nitrogens is 1. The summed E-state index contributed by atoms with van der Waals surface area (Å²) in [4.78, 5) is 5.30. The third kappa shape index (κ3) is 8.10. The fourth-order valence-electron chi connectivity index (χ4n) is 6.85. The molecule has 2 aliphatic rings. The molecule has 238 valence electrons. The van der Waals surface area contributed by atoms with Gasteiger partial charge in [-0.2, -0.15) is 0 Å². The number of pyridine rings is 1. The Kier molecular flexibility index (Phi) is 12.9. The third-order valence-electron chi connectivity index (χ3n) is 9.04. The summed E-state index contributed by atoms with van der Waals surface area (Å²) in [6.07, 6.45) is 8.02. The molecule has 1 aromatic heterocycles. The van der Waals surface area contributed by atoms with E-state index in [-0.39, 0.29) is 63.0 Å². The van der Waals surface area contributed by atoms with Crippen LogP contribution in [0.4, 0.5) is 0 Å². The van der Waals surface area contributed by atoms with Gasteiger partial charge in [-0.05, 0) is 133 Å². The van der Waals surface area contributed by atoms with E-state index in [0.717, 1.165) is 96.1 Å². The maximum atomic E-state index is 13.8. The van der Waals surface area contributed by atoms with E-state index < -0.39 is 0 Å². The molecule has 0 unspecified atom stereocenters. The summed E-state index contributed by atoms with van der Waals surface area (Å²) in [5.74, 6) is 0.320. The van der Waals surface area contributed by atoms with Gasteiger partial charge in [0.25, 0.3) is 0 Å². The van der Waals surface area contributed by atoms with Gasteiger partial charge >= 0.3 is 25.8 Å². The number of hydrogen-bond donors (Lipinski definition) is 0. The zero-order chi connectivity index (χ0) is 30.4. The fourth-order valence-corrected chi connectivity index (χ4v) is 6.85. The van der Waals surface area contributed by atoms with E-state index in [1.807, 2.05) is 0 Å². The van der Waals surface area contributed by atoms with E-state index in [9.17, 15) is 10.2 Å². The zero-order valence-electron chi connectivity index (χ0n) is 29.5. The second kappa shape index (κ2) is 15.0. The van der Waals surface area contributed by atoms with Gasteiger partial charge in [0.2, 0.25) is 0 Å². The van der Waals surface area contributed by atoms with Gasteiger partial charge in [-0.25, -0.2) is 4.98 Å². The van der Waals surface area contributed by atoms with E-state index in [4.69, 9.17) is 4.98 Å². The fraction of sp³-hybridized carbons (Fsp3) is 0.439. The van der Waals surface area contributed by atoms with Crippen LogP contribution in [0.25, 0.3) is 22.3 Å². The molecule has 3 aromatic rings. The molecular formula is C41H53HfNO2. The first-order chi connectivity index (χ1) is 19.8. The molecule has 0 fully saturated rings. The van der Waals surface area contributed by atoms with Crippen molar-refractivity contribution >= 4 is 22.3 Å². The summed E-state index contributed by atoms with van der Waals surface area (Å²) in [7, 11) is 0. The Morgan fingerprint density at radius 1 is 0.556 bits per heavy atom. The van der Waals surface area contributed by atoms with Gasteiger partial charge in [0, 0.05) is 0 Å². The van der Waals surface area contributed by atoms with Crippen molar-refractivity contribution in [3.63, 3.8) is 0 Å². The molecule has 0 amide bonds. The minimum Gasteiger partial charge on any atom is -0.872 e. The van der Waals surface area contributed by atoms with Crippen molar-refractivity contribution in [1.82, 2.24) is 4.98 Å². The van der Waals surface area contributed by atoms with Crippen molar-refractivity contribution in [1.29, 1.82) is 0 Å². The topological polar surface area (TPSA) is 59.0 Å². The molecule has 0 saturated carbocycles. The predicted molar refractivity (Wildman–Crippen MR) is 186 cm³/mol. The summed E-state index contributed by atoms with van der Waals surface area (Å²) in [6, 6.07) is 14.6. The summed E-state index contributed by atoms with van der Waals surface area (Å²) >= 11 is 0. The van der Waals surface area contributed by atoms with Crippen LogP contribution in [0.15, 0.2) is 42.5 Å². The van der Waals surface area contributed by atoms with Gasteiger partial charge in [-0.15, -0.1) is 0 Å². The zero-order valence-corrected chi connectivity index (χ0v) is 33.1. The first kappa shape index (κ1) is 38.7. The van der Waals surface area contributed by atoms with Gasteiger partial charge in [-0.1, -0.05) is 94.5 Å². The molecule has 0 N–H and O–H groups in total. The van der Waals surface area contributed by atoms with Gasteiger partial charge in [-0.3, -0.25) is 0 Å². The molecule has 3 nitrogen and oxygen atoms in total. The molecule has 0 radical (unpaired) electrons. The number of rotatable bonds is 4. The average molecular weight is 770 g/mol. The Morgan fingerprint density at radius 2 is 0.889 bits per heavy atom. The van der Waals surface area contributed by atoms with E-state index in [1.165, 1.54) is 22.3 Å². The van der Waals surface area contributed by atoms with Crippen LogP contribution in [0.3, 0.4) is 0 Å². The van der Waals surface area contributed by atoms with Crippen LogP contribution in [-0.2, 0) is 36.7 Å². The second-order valence-electron chi connectivity index (χ2n) is 14.6. The standard InChI is InChI=1S/C39H49NO2.2CH3.Hf/c1-24-20-30(36(41)32(22-24)38(3,4)5)26-14-9-11-16-28(26)34-18-13-19-35(40-34)29-17-12-10-15-27(29)31-21-25(2)23-33(37(31)42)39(6,7)8;;;/h13,18-23,41-42H,9-12,14-17H2,1-8H3;2*1H3;/q;2*-1;+4/p-2. The van der Waals surface area contributed by atoms with Crippen molar-refractivity contribution in [2.24, 2.45) is 0 Å². The molecule has 5 rings (SSSR count). The van der Waals surface area contributed by atoms with E-state index in [0.29, 0.717) is 0 Å². The van der Waals surface area contributed by atoms with Gasteiger partial charge in [0.05, 0.1) is 11.4 Å². The Morgan fingerprint density at radius 3 is 1.22 bits per heavy atom. The first-order valence-electron chi connectivity index (χ1n) is 15.8. The normalized spacial score (nSPS) is 15.6. The summed E-state index contributed by atoms with van der Waals surface area (Å²) in [6.45, 7) is 16.9. The van der Waals surface area contributed by atoms with Crippen LogP contribution >= 0.6 is 0 Å². The average Bonchev–Trinajstić information content (AvgIpc) is 2.94. The molecule has 45 heavy (non-hydrogen) atoms. The quantitative estimate of drug-likeness (QED) is 0.196.